The smallest absolute Gasteiger partial charge is 0.173 e. The van der Waals surface area contributed by atoms with Crippen LogP contribution in [0.1, 0.15) is 22.7 Å². The van der Waals surface area contributed by atoms with Crippen molar-refractivity contribution in [2.45, 2.75) is 19.4 Å². The molecule has 0 aliphatic heterocycles. The van der Waals surface area contributed by atoms with Crippen molar-refractivity contribution in [3.05, 3.63) is 68.9 Å². The summed E-state index contributed by atoms with van der Waals surface area (Å²) in [6, 6.07) is 6.52. The van der Waals surface area contributed by atoms with Gasteiger partial charge in [-0.3, -0.25) is 11.3 Å². The number of nitrogens with one attached hydrogen (secondary N) is 1. The number of nitrogens with two attached hydrogens (primary N) is 1. The van der Waals surface area contributed by atoms with Crippen LogP contribution >= 0.6 is 15.9 Å². The summed E-state index contributed by atoms with van der Waals surface area (Å²) in [7, 11) is 0. The molecule has 2 rings (SSSR count). The van der Waals surface area contributed by atoms with Gasteiger partial charge in [-0.1, -0.05) is 12.1 Å². The van der Waals surface area contributed by atoms with Crippen LogP contribution in [0.3, 0.4) is 0 Å². The molecule has 0 amide bonds. The van der Waals surface area contributed by atoms with Gasteiger partial charge in [-0.2, -0.15) is 0 Å². The standard InChI is InChI=1S/C15H14BrF3N2/c1-8-6-10(17)3-2-9(8)7-13(21-20)11-4-5-12(18)15(19)14(11)16/h2-6,13,21H,7,20H2,1H3. The molecule has 0 aromatic heterocycles. The molecule has 6 heteroatoms. The van der Waals surface area contributed by atoms with E-state index in [1.54, 1.807) is 13.0 Å². The quantitative estimate of drug-likeness (QED) is 0.493. The predicted octanol–water partition coefficient (Wildman–Crippen LogP) is 3.92. The average molecular weight is 359 g/mol. The van der Waals surface area contributed by atoms with Crippen LogP contribution in [0.15, 0.2) is 34.8 Å². The molecule has 1 atom stereocenters. The van der Waals surface area contributed by atoms with E-state index in [1.165, 1.54) is 18.2 Å². The molecule has 21 heavy (non-hydrogen) atoms. The molecule has 0 saturated carbocycles. The third kappa shape index (κ3) is 3.45. The highest BCUT2D eigenvalue weighted by molar-refractivity contribution is 9.10. The van der Waals surface area contributed by atoms with E-state index in [1.807, 2.05) is 0 Å². The molecule has 1 unspecified atom stereocenters. The Hall–Kier alpha value is -1.37. The van der Waals surface area contributed by atoms with Gasteiger partial charge in [0.1, 0.15) is 5.82 Å². The van der Waals surface area contributed by atoms with E-state index in [2.05, 4.69) is 21.4 Å². The van der Waals surface area contributed by atoms with E-state index >= 15 is 0 Å². The van der Waals surface area contributed by atoms with Crippen molar-refractivity contribution < 1.29 is 13.2 Å². The molecule has 0 heterocycles. The Morgan fingerprint density at radius 1 is 1.19 bits per heavy atom. The van der Waals surface area contributed by atoms with Crippen molar-refractivity contribution in [2.75, 3.05) is 0 Å². The SMILES string of the molecule is Cc1cc(F)ccc1CC(NN)c1ccc(F)c(F)c1Br. The molecule has 3 N–H and O–H groups in total. The maximum Gasteiger partial charge on any atom is 0.173 e. The number of aryl methyl sites for hydroxylation is 1. The Kier molecular flexibility index (Phi) is 5.03. The maximum atomic E-state index is 13.6. The molecule has 0 aliphatic rings. The van der Waals surface area contributed by atoms with Crippen molar-refractivity contribution >= 4 is 15.9 Å². The zero-order chi connectivity index (χ0) is 15.6. The van der Waals surface area contributed by atoms with Gasteiger partial charge in [0.2, 0.25) is 0 Å². The van der Waals surface area contributed by atoms with Crippen molar-refractivity contribution in [2.24, 2.45) is 5.84 Å². The minimum Gasteiger partial charge on any atom is -0.271 e. The highest BCUT2D eigenvalue weighted by Gasteiger charge is 2.19. The fourth-order valence-electron chi connectivity index (χ4n) is 2.18. The van der Waals surface area contributed by atoms with Crippen LogP contribution in [-0.2, 0) is 6.42 Å². The van der Waals surface area contributed by atoms with Crippen molar-refractivity contribution in [3.8, 4) is 0 Å². The van der Waals surface area contributed by atoms with E-state index in [9.17, 15) is 13.2 Å². The Labute approximate surface area is 129 Å². The minimum absolute atomic E-state index is 0.0326. The van der Waals surface area contributed by atoms with Crippen LogP contribution < -0.4 is 11.3 Å². The highest BCUT2D eigenvalue weighted by Crippen LogP contribution is 2.30. The first-order valence-electron chi connectivity index (χ1n) is 6.28. The van der Waals surface area contributed by atoms with Gasteiger partial charge in [-0.15, -0.1) is 0 Å². The van der Waals surface area contributed by atoms with E-state index in [0.29, 0.717) is 12.0 Å². The molecule has 2 aromatic rings. The molecular weight excluding hydrogens is 345 g/mol. The summed E-state index contributed by atoms with van der Waals surface area (Å²) in [6.45, 7) is 1.78. The summed E-state index contributed by atoms with van der Waals surface area (Å²) < 4.78 is 39.9. The summed E-state index contributed by atoms with van der Waals surface area (Å²) in [5.41, 5.74) is 4.73. The summed E-state index contributed by atoms with van der Waals surface area (Å²) in [6.07, 6.45) is 0.423. The second-order valence-electron chi connectivity index (χ2n) is 4.76. The number of hydrazine groups is 1. The lowest BCUT2D eigenvalue weighted by atomic mass is 9.96. The molecule has 0 radical (unpaired) electrons. The van der Waals surface area contributed by atoms with Gasteiger partial charge in [0.25, 0.3) is 0 Å². The number of hydrogen-bond donors (Lipinski definition) is 2. The molecule has 0 saturated heterocycles. The zero-order valence-electron chi connectivity index (χ0n) is 11.3. The Balaban J connectivity index is 2.34. The first-order chi connectivity index (χ1) is 9.93. The molecule has 0 fully saturated rings. The number of rotatable bonds is 4. The van der Waals surface area contributed by atoms with Gasteiger partial charge in [-0.25, -0.2) is 13.2 Å². The predicted molar refractivity (Wildman–Crippen MR) is 79.0 cm³/mol. The fourth-order valence-corrected chi connectivity index (χ4v) is 2.77. The molecule has 2 aromatic carbocycles. The van der Waals surface area contributed by atoms with Crippen LogP contribution in [0.5, 0.6) is 0 Å². The second kappa shape index (κ2) is 6.60. The van der Waals surface area contributed by atoms with Gasteiger partial charge in [0, 0.05) is 0 Å². The largest absolute Gasteiger partial charge is 0.271 e. The van der Waals surface area contributed by atoms with Crippen LogP contribution in [0.25, 0.3) is 0 Å². The number of halogens is 4. The Morgan fingerprint density at radius 3 is 2.52 bits per heavy atom. The molecular formula is C15H14BrF3N2. The summed E-state index contributed by atoms with van der Waals surface area (Å²) >= 11 is 3.05. The molecule has 0 bridgehead atoms. The van der Waals surface area contributed by atoms with Crippen LogP contribution in [0, 0.1) is 24.4 Å². The van der Waals surface area contributed by atoms with E-state index in [0.717, 1.165) is 17.2 Å². The zero-order valence-corrected chi connectivity index (χ0v) is 12.8. The molecule has 0 spiro atoms. The lowest BCUT2D eigenvalue weighted by Gasteiger charge is -2.19. The molecule has 112 valence electrons. The van der Waals surface area contributed by atoms with Gasteiger partial charge in [0.15, 0.2) is 11.6 Å². The highest BCUT2D eigenvalue weighted by atomic mass is 79.9. The number of hydrogen-bond acceptors (Lipinski definition) is 2. The van der Waals surface area contributed by atoms with Crippen LogP contribution in [0.4, 0.5) is 13.2 Å². The van der Waals surface area contributed by atoms with E-state index < -0.39 is 17.7 Å². The van der Waals surface area contributed by atoms with Crippen LogP contribution in [-0.4, -0.2) is 0 Å². The lowest BCUT2D eigenvalue weighted by Crippen LogP contribution is -2.30. The van der Waals surface area contributed by atoms with Gasteiger partial charge in [0.05, 0.1) is 10.5 Å². The minimum atomic E-state index is -0.955. The first kappa shape index (κ1) is 16.0. The topological polar surface area (TPSA) is 38.0 Å². The Morgan fingerprint density at radius 2 is 1.90 bits per heavy atom. The first-order valence-corrected chi connectivity index (χ1v) is 7.08. The van der Waals surface area contributed by atoms with Crippen molar-refractivity contribution in [3.63, 3.8) is 0 Å². The summed E-state index contributed by atoms with van der Waals surface area (Å²) in [4.78, 5) is 0. The van der Waals surface area contributed by atoms with Crippen LogP contribution in [0.2, 0.25) is 0 Å². The molecule has 0 aliphatic carbocycles. The summed E-state index contributed by atoms with van der Waals surface area (Å²) in [5.74, 6) is 3.33. The fraction of sp³-hybridized carbons (Fsp3) is 0.200. The van der Waals surface area contributed by atoms with Gasteiger partial charge >= 0.3 is 0 Å². The van der Waals surface area contributed by atoms with Crippen molar-refractivity contribution in [1.82, 2.24) is 5.43 Å². The second-order valence-corrected chi connectivity index (χ2v) is 5.55. The Bertz CT molecular complexity index is 662. The van der Waals surface area contributed by atoms with Gasteiger partial charge in [-0.05, 0) is 64.2 Å². The number of benzene rings is 2. The van der Waals surface area contributed by atoms with E-state index in [4.69, 9.17) is 5.84 Å². The third-order valence-electron chi connectivity index (χ3n) is 3.37. The monoisotopic (exact) mass is 358 g/mol. The third-order valence-corrected chi connectivity index (χ3v) is 4.18. The van der Waals surface area contributed by atoms with Gasteiger partial charge < -0.3 is 0 Å². The maximum absolute atomic E-state index is 13.6. The summed E-state index contributed by atoms with van der Waals surface area (Å²) in [5, 5.41) is 0. The molecule has 2 nitrogen and oxygen atoms in total. The van der Waals surface area contributed by atoms with E-state index in [-0.39, 0.29) is 10.3 Å². The van der Waals surface area contributed by atoms with Crippen molar-refractivity contribution in [1.29, 1.82) is 0 Å². The normalized spacial score (nSPS) is 12.5. The average Bonchev–Trinajstić information content (AvgIpc) is 2.45. The lowest BCUT2D eigenvalue weighted by molar-refractivity contribution is 0.491.